The number of hydrogen-bond donors (Lipinski definition) is 0. The Balaban J connectivity index is 1.14. The lowest BCUT2D eigenvalue weighted by Gasteiger charge is -2.61. The quantitative estimate of drug-likeness (QED) is 0.693. The molecule has 1 saturated carbocycles. The maximum Gasteiger partial charge on any atom is 0.410 e. The molecule has 0 unspecified atom stereocenters. The maximum atomic E-state index is 12.2. The number of piperazine rings is 1. The molecule has 0 bridgehead atoms. The minimum atomic E-state index is -0.439. The third kappa shape index (κ3) is 4.45. The zero-order valence-corrected chi connectivity index (χ0v) is 20.2. The van der Waals surface area contributed by atoms with E-state index in [-0.39, 0.29) is 6.09 Å². The largest absolute Gasteiger partial charge is 0.444 e. The van der Waals surface area contributed by atoms with Crippen molar-refractivity contribution in [2.45, 2.75) is 45.3 Å². The van der Waals surface area contributed by atoms with Gasteiger partial charge in [0.15, 0.2) is 0 Å². The van der Waals surface area contributed by atoms with Crippen molar-refractivity contribution in [3.8, 4) is 17.3 Å². The Morgan fingerprint density at radius 2 is 1.85 bits per heavy atom. The standard InChI is InChI=1S/C26H32N6O2/c1-25(2,3)34-24(33)32-17-26(18-32)13-20(14-26)30-9-11-31(12-10-30)23-21(5-4-8-28-23)22-7-6-19(15-27)16-29-22/h4-8,16,20H,9-14,17-18H2,1-3H3. The summed E-state index contributed by atoms with van der Waals surface area (Å²) in [6.45, 7) is 11.2. The van der Waals surface area contributed by atoms with Crippen LogP contribution in [0, 0.1) is 16.7 Å². The highest BCUT2D eigenvalue weighted by molar-refractivity contribution is 5.73. The Hall–Kier alpha value is -3.18. The molecule has 0 N–H and O–H groups in total. The van der Waals surface area contributed by atoms with E-state index in [1.807, 2.05) is 50.1 Å². The molecule has 2 aliphatic heterocycles. The molecule has 8 heteroatoms. The van der Waals surface area contributed by atoms with Gasteiger partial charge in [0.05, 0.1) is 11.3 Å². The Labute approximate surface area is 201 Å². The molecule has 5 rings (SSSR count). The first kappa shape index (κ1) is 22.6. The summed E-state index contributed by atoms with van der Waals surface area (Å²) in [5.74, 6) is 0.955. The van der Waals surface area contributed by atoms with Crippen molar-refractivity contribution in [1.82, 2.24) is 19.8 Å². The molecule has 1 amide bonds. The molecular formula is C26H32N6O2. The molecule has 0 aromatic carbocycles. The van der Waals surface area contributed by atoms with Crippen LogP contribution in [0.25, 0.3) is 11.3 Å². The van der Waals surface area contributed by atoms with Gasteiger partial charge in [0.2, 0.25) is 0 Å². The predicted molar refractivity (Wildman–Crippen MR) is 129 cm³/mol. The monoisotopic (exact) mass is 460 g/mol. The molecule has 3 aliphatic rings. The van der Waals surface area contributed by atoms with Gasteiger partial charge in [0, 0.05) is 68.7 Å². The van der Waals surface area contributed by atoms with Crippen LogP contribution in [0.1, 0.15) is 39.2 Å². The lowest BCUT2D eigenvalue weighted by atomic mass is 9.60. The Bertz CT molecular complexity index is 1080. The summed E-state index contributed by atoms with van der Waals surface area (Å²) in [5, 5.41) is 9.04. The van der Waals surface area contributed by atoms with Crippen LogP contribution in [-0.2, 0) is 4.74 Å². The molecule has 178 valence electrons. The maximum absolute atomic E-state index is 12.2. The molecule has 2 aromatic rings. The second-order valence-corrected chi connectivity index (χ2v) is 10.8. The third-order valence-corrected chi connectivity index (χ3v) is 7.13. The van der Waals surface area contributed by atoms with Crippen LogP contribution in [0.3, 0.4) is 0 Å². The van der Waals surface area contributed by atoms with Crippen LogP contribution in [0.15, 0.2) is 36.7 Å². The van der Waals surface area contributed by atoms with Crippen molar-refractivity contribution in [2.24, 2.45) is 5.41 Å². The number of aromatic nitrogens is 2. The van der Waals surface area contributed by atoms with Crippen LogP contribution >= 0.6 is 0 Å². The average molecular weight is 461 g/mol. The number of amides is 1. The number of ether oxygens (including phenoxy) is 1. The number of hydrogen-bond acceptors (Lipinski definition) is 7. The molecular weight excluding hydrogens is 428 g/mol. The van der Waals surface area contributed by atoms with Crippen molar-refractivity contribution >= 4 is 11.9 Å². The fourth-order valence-electron chi connectivity index (χ4n) is 5.44. The number of nitrogens with zero attached hydrogens (tertiary/aromatic N) is 6. The fraction of sp³-hybridized carbons (Fsp3) is 0.538. The van der Waals surface area contributed by atoms with E-state index in [4.69, 9.17) is 10.00 Å². The third-order valence-electron chi connectivity index (χ3n) is 7.13. The number of nitriles is 1. The second-order valence-electron chi connectivity index (χ2n) is 10.8. The molecule has 3 fully saturated rings. The van der Waals surface area contributed by atoms with Gasteiger partial charge in [0.25, 0.3) is 0 Å². The van der Waals surface area contributed by atoms with Gasteiger partial charge in [-0.05, 0) is 57.9 Å². The lowest BCUT2D eigenvalue weighted by Crippen LogP contribution is -2.69. The average Bonchev–Trinajstić information content (AvgIpc) is 2.76. The van der Waals surface area contributed by atoms with Gasteiger partial charge in [-0.1, -0.05) is 0 Å². The zero-order valence-electron chi connectivity index (χ0n) is 20.2. The summed E-state index contributed by atoms with van der Waals surface area (Å²) in [6.07, 6.45) is 5.59. The van der Waals surface area contributed by atoms with Crippen molar-refractivity contribution in [3.63, 3.8) is 0 Å². The molecule has 0 radical (unpaired) electrons. The van der Waals surface area contributed by atoms with E-state index in [2.05, 4.69) is 25.8 Å². The van der Waals surface area contributed by atoms with Gasteiger partial charge >= 0.3 is 6.09 Å². The smallest absolute Gasteiger partial charge is 0.410 e. The summed E-state index contributed by atoms with van der Waals surface area (Å²) in [5.41, 5.74) is 2.26. The highest BCUT2D eigenvalue weighted by Crippen LogP contribution is 2.50. The highest BCUT2D eigenvalue weighted by atomic mass is 16.6. The van der Waals surface area contributed by atoms with Crippen molar-refractivity contribution in [1.29, 1.82) is 5.26 Å². The molecule has 0 atom stereocenters. The Morgan fingerprint density at radius 1 is 1.12 bits per heavy atom. The van der Waals surface area contributed by atoms with Gasteiger partial charge in [-0.3, -0.25) is 9.88 Å². The molecule has 34 heavy (non-hydrogen) atoms. The van der Waals surface area contributed by atoms with E-state index in [9.17, 15) is 4.79 Å². The SMILES string of the molecule is CC(C)(C)OC(=O)N1CC2(CC(N3CCN(c4ncccc4-c4ccc(C#N)cn4)CC3)C2)C1. The molecule has 2 saturated heterocycles. The summed E-state index contributed by atoms with van der Waals surface area (Å²) < 4.78 is 5.50. The van der Waals surface area contributed by atoms with Crippen molar-refractivity contribution in [2.75, 3.05) is 44.2 Å². The summed E-state index contributed by atoms with van der Waals surface area (Å²) >= 11 is 0. The zero-order chi connectivity index (χ0) is 23.9. The molecule has 1 aliphatic carbocycles. The van der Waals surface area contributed by atoms with E-state index >= 15 is 0 Å². The Morgan fingerprint density at radius 3 is 2.47 bits per heavy atom. The minimum Gasteiger partial charge on any atom is -0.444 e. The van der Waals surface area contributed by atoms with Crippen molar-refractivity contribution in [3.05, 3.63) is 42.2 Å². The van der Waals surface area contributed by atoms with Gasteiger partial charge in [-0.2, -0.15) is 5.26 Å². The number of carbonyl (C=O) groups excluding carboxylic acids is 1. The summed E-state index contributed by atoms with van der Waals surface area (Å²) in [4.78, 5) is 28.2. The van der Waals surface area contributed by atoms with Gasteiger partial charge in [-0.25, -0.2) is 9.78 Å². The first-order valence-electron chi connectivity index (χ1n) is 12.0. The first-order valence-corrected chi connectivity index (χ1v) is 12.0. The number of rotatable bonds is 3. The predicted octanol–water partition coefficient (Wildman–Crippen LogP) is 3.54. The molecule has 2 aromatic heterocycles. The van der Waals surface area contributed by atoms with E-state index in [0.717, 1.165) is 69.2 Å². The van der Waals surface area contributed by atoms with Gasteiger partial charge < -0.3 is 14.5 Å². The number of anilines is 1. The minimum absolute atomic E-state index is 0.182. The van der Waals surface area contributed by atoms with Crippen LogP contribution < -0.4 is 4.90 Å². The highest BCUT2D eigenvalue weighted by Gasteiger charge is 2.55. The topological polar surface area (TPSA) is 85.6 Å². The fourth-order valence-corrected chi connectivity index (χ4v) is 5.44. The molecule has 8 nitrogen and oxygen atoms in total. The van der Waals surface area contributed by atoms with Crippen LogP contribution in [0.4, 0.5) is 10.6 Å². The van der Waals surface area contributed by atoms with Crippen LogP contribution in [-0.4, -0.2) is 76.8 Å². The van der Waals surface area contributed by atoms with Gasteiger partial charge in [0.1, 0.15) is 17.5 Å². The van der Waals surface area contributed by atoms with E-state index in [1.54, 1.807) is 12.3 Å². The number of likely N-dealkylation sites (tertiary alicyclic amines) is 1. The van der Waals surface area contributed by atoms with Crippen molar-refractivity contribution < 1.29 is 9.53 Å². The first-order chi connectivity index (χ1) is 16.3. The van der Waals surface area contributed by atoms with E-state index in [0.29, 0.717) is 17.0 Å². The summed E-state index contributed by atoms with van der Waals surface area (Å²) in [7, 11) is 0. The second kappa shape index (κ2) is 8.55. The summed E-state index contributed by atoms with van der Waals surface area (Å²) in [6, 6.07) is 10.4. The molecule has 1 spiro atoms. The van der Waals surface area contributed by atoms with Gasteiger partial charge in [-0.15, -0.1) is 0 Å². The Kier molecular flexibility index (Phi) is 5.68. The number of carbonyl (C=O) groups is 1. The lowest BCUT2D eigenvalue weighted by molar-refractivity contribution is -0.108. The van der Waals surface area contributed by atoms with Crippen LogP contribution in [0.5, 0.6) is 0 Å². The van der Waals surface area contributed by atoms with Crippen LogP contribution in [0.2, 0.25) is 0 Å². The molecule has 4 heterocycles. The normalized spacial score (nSPS) is 20.4. The number of pyridine rings is 2. The van der Waals surface area contributed by atoms with E-state index in [1.165, 1.54) is 0 Å². The van der Waals surface area contributed by atoms with E-state index < -0.39 is 5.60 Å².